The molecule has 2 aliphatic rings. The molecule has 1 fully saturated rings. The smallest absolute Gasteiger partial charge is 0.220 e. The van der Waals surface area contributed by atoms with Crippen molar-refractivity contribution < 1.29 is 18.9 Å². The molecule has 0 unspecified atom stereocenters. The van der Waals surface area contributed by atoms with Crippen molar-refractivity contribution in [3.63, 3.8) is 0 Å². The Labute approximate surface area is 96.5 Å². The summed E-state index contributed by atoms with van der Waals surface area (Å²) in [4.78, 5) is 0. The summed E-state index contributed by atoms with van der Waals surface area (Å²) in [5.74, 6) is -1.73. The molecule has 4 nitrogen and oxygen atoms in total. The fourth-order valence-corrected chi connectivity index (χ4v) is 2.27. The summed E-state index contributed by atoms with van der Waals surface area (Å²) in [7, 11) is 3.22. The first-order valence-electron chi connectivity index (χ1n) is 5.65. The third-order valence-corrected chi connectivity index (χ3v) is 3.67. The van der Waals surface area contributed by atoms with Crippen molar-refractivity contribution in [3.8, 4) is 0 Å². The van der Waals surface area contributed by atoms with Crippen molar-refractivity contribution in [1.29, 1.82) is 0 Å². The van der Waals surface area contributed by atoms with E-state index in [1.165, 1.54) is 0 Å². The summed E-state index contributed by atoms with van der Waals surface area (Å²) >= 11 is 0. The summed E-state index contributed by atoms with van der Waals surface area (Å²) in [5.41, 5.74) is 0. The van der Waals surface area contributed by atoms with Gasteiger partial charge in [-0.1, -0.05) is 12.2 Å². The van der Waals surface area contributed by atoms with Crippen LogP contribution in [0.25, 0.3) is 0 Å². The third-order valence-electron chi connectivity index (χ3n) is 3.67. The van der Waals surface area contributed by atoms with Crippen LogP contribution in [0.15, 0.2) is 12.2 Å². The zero-order valence-corrected chi connectivity index (χ0v) is 10.4. The van der Waals surface area contributed by atoms with Gasteiger partial charge in [0.1, 0.15) is 0 Å². The average Bonchev–Trinajstić information content (AvgIpc) is 2.30. The van der Waals surface area contributed by atoms with E-state index in [4.69, 9.17) is 18.9 Å². The van der Waals surface area contributed by atoms with E-state index in [0.29, 0.717) is 0 Å². The molecule has 4 heteroatoms. The lowest BCUT2D eigenvalue weighted by Gasteiger charge is -2.52. The second-order valence-corrected chi connectivity index (χ2v) is 4.56. The molecule has 16 heavy (non-hydrogen) atoms. The lowest BCUT2D eigenvalue weighted by molar-refractivity contribution is -0.447. The molecule has 0 radical (unpaired) electrons. The molecule has 4 atom stereocenters. The molecular weight excluding hydrogens is 208 g/mol. The molecule has 0 aromatic carbocycles. The largest absolute Gasteiger partial charge is 0.349 e. The van der Waals surface area contributed by atoms with E-state index >= 15 is 0 Å². The summed E-state index contributed by atoms with van der Waals surface area (Å²) in [5, 5.41) is 0. The summed E-state index contributed by atoms with van der Waals surface area (Å²) in [6.45, 7) is 3.70. The van der Waals surface area contributed by atoms with Crippen LogP contribution in [0.5, 0.6) is 0 Å². The minimum atomic E-state index is -0.867. The van der Waals surface area contributed by atoms with Crippen molar-refractivity contribution in [2.24, 2.45) is 0 Å². The molecule has 0 N–H and O–H groups in total. The second-order valence-electron chi connectivity index (χ2n) is 4.56. The van der Waals surface area contributed by atoms with E-state index in [1.807, 2.05) is 13.8 Å². The van der Waals surface area contributed by atoms with Gasteiger partial charge in [0.25, 0.3) is 0 Å². The number of ether oxygens (including phenoxy) is 4. The third kappa shape index (κ3) is 1.70. The van der Waals surface area contributed by atoms with Crippen LogP contribution < -0.4 is 0 Å². The van der Waals surface area contributed by atoms with E-state index in [-0.39, 0.29) is 12.2 Å². The van der Waals surface area contributed by atoms with Crippen molar-refractivity contribution in [1.82, 2.24) is 0 Å². The Kier molecular flexibility index (Phi) is 3.09. The maximum atomic E-state index is 6.01. The molecule has 0 aromatic rings. The molecule has 1 aliphatic heterocycles. The predicted molar refractivity (Wildman–Crippen MR) is 58.9 cm³/mol. The Hall–Kier alpha value is -0.420. The standard InChI is InChI=1S/C12H20O4/c1-11(13-3)12(2,14-4)16-10-8-6-5-7-9(10)15-11/h5-6,9-10H,7-8H2,1-4H3/t9-,10-,11+,12+/m0/s1. The lowest BCUT2D eigenvalue weighted by Crippen LogP contribution is -2.65. The van der Waals surface area contributed by atoms with Crippen LogP contribution in [0.2, 0.25) is 0 Å². The molecule has 0 spiro atoms. The van der Waals surface area contributed by atoms with E-state index < -0.39 is 11.6 Å². The van der Waals surface area contributed by atoms with Crippen molar-refractivity contribution >= 4 is 0 Å². The van der Waals surface area contributed by atoms with Gasteiger partial charge in [-0.2, -0.15) is 0 Å². The quantitative estimate of drug-likeness (QED) is 0.676. The molecular formula is C12H20O4. The van der Waals surface area contributed by atoms with Crippen LogP contribution >= 0.6 is 0 Å². The Balaban J connectivity index is 2.24. The highest BCUT2D eigenvalue weighted by molar-refractivity contribution is 5.01. The molecule has 0 aromatic heterocycles. The van der Waals surface area contributed by atoms with Crippen LogP contribution in [-0.4, -0.2) is 38.0 Å². The summed E-state index contributed by atoms with van der Waals surface area (Å²) in [6, 6.07) is 0. The fraction of sp³-hybridized carbons (Fsp3) is 0.833. The Morgan fingerprint density at radius 1 is 0.938 bits per heavy atom. The van der Waals surface area contributed by atoms with E-state index in [0.717, 1.165) is 12.8 Å². The van der Waals surface area contributed by atoms with Gasteiger partial charge in [0.15, 0.2) is 0 Å². The topological polar surface area (TPSA) is 36.9 Å². The van der Waals surface area contributed by atoms with Crippen molar-refractivity contribution in [2.45, 2.75) is 50.5 Å². The molecule has 92 valence electrons. The van der Waals surface area contributed by atoms with Crippen LogP contribution in [0.1, 0.15) is 26.7 Å². The van der Waals surface area contributed by atoms with E-state index in [1.54, 1.807) is 14.2 Å². The first-order chi connectivity index (χ1) is 7.54. The fourth-order valence-electron chi connectivity index (χ4n) is 2.27. The Morgan fingerprint density at radius 2 is 1.31 bits per heavy atom. The zero-order valence-electron chi connectivity index (χ0n) is 10.4. The first kappa shape index (κ1) is 12.0. The van der Waals surface area contributed by atoms with Crippen molar-refractivity contribution in [3.05, 3.63) is 12.2 Å². The van der Waals surface area contributed by atoms with Crippen LogP contribution in [0, 0.1) is 0 Å². The number of hydrogen-bond donors (Lipinski definition) is 0. The van der Waals surface area contributed by atoms with Crippen LogP contribution in [0.3, 0.4) is 0 Å². The Morgan fingerprint density at radius 3 is 1.62 bits per heavy atom. The van der Waals surface area contributed by atoms with Gasteiger partial charge in [-0.25, -0.2) is 0 Å². The maximum absolute atomic E-state index is 6.01. The number of fused-ring (bicyclic) bond motifs is 1. The maximum Gasteiger partial charge on any atom is 0.220 e. The lowest BCUT2D eigenvalue weighted by atomic mass is 9.96. The number of rotatable bonds is 2. The first-order valence-corrected chi connectivity index (χ1v) is 5.65. The normalized spacial score (nSPS) is 47.8. The highest BCUT2D eigenvalue weighted by Gasteiger charge is 2.56. The number of methoxy groups -OCH3 is 2. The molecule has 0 amide bonds. The summed E-state index contributed by atoms with van der Waals surface area (Å²) in [6.07, 6.45) is 6.08. The SMILES string of the molecule is CO[C@]1(C)O[C@H]2CC=CC[C@@H]2O[C@@]1(C)OC. The van der Waals surface area contributed by atoms with Gasteiger partial charge in [-0.3, -0.25) is 0 Å². The van der Waals surface area contributed by atoms with E-state index in [9.17, 15) is 0 Å². The monoisotopic (exact) mass is 228 g/mol. The van der Waals surface area contributed by atoms with E-state index in [2.05, 4.69) is 12.2 Å². The van der Waals surface area contributed by atoms with Gasteiger partial charge in [0.05, 0.1) is 12.2 Å². The highest BCUT2D eigenvalue weighted by Crippen LogP contribution is 2.41. The predicted octanol–water partition coefficient (Wildman–Crippen LogP) is 1.85. The molecule has 2 rings (SSSR count). The molecule has 1 heterocycles. The minimum Gasteiger partial charge on any atom is -0.349 e. The van der Waals surface area contributed by atoms with Gasteiger partial charge in [-0.15, -0.1) is 0 Å². The number of hydrogen-bond acceptors (Lipinski definition) is 4. The van der Waals surface area contributed by atoms with Gasteiger partial charge >= 0.3 is 0 Å². The molecule has 1 saturated heterocycles. The van der Waals surface area contributed by atoms with Crippen LogP contribution in [0.4, 0.5) is 0 Å². The van der Waals surface area contributed by atoms with Gasteiger partial charge in [0.2, 0.25) is 11.6 Å². The Bertz CT molecular complexity index is 263. The zero-order chi connectivity index (χ0) is 11.8. The van der Waals surface area contributed by atoms with Gasteiger partial charge in [-0.05, 0) is 26.7 Å². The minimum absolute atomic E-state index is 0.0539. The van der Waals surface area contributed by atoms with Gasteiger partial charge < -0.3 is 18.9 Å². The molecule has 0 bridgehead atoms. The summed E-state index contributed by atoms with van der Waals surface area (Å²) < 4.78 is 22.9. The van der Waals surface area contributed by atoms with Crippen LogP contribution in [-0.2, 0) is 18.9 Å². The highest BCUT2D eigenvalue weighted by atomic mass is 16.8. The van der Waals surface area contributed by atoms with Gasteiger partial charge in [0, 0.05) is 14.2 Å². The molecule has 0 saturated carbocycles. The van der Waals surface area contributed by atoms with Crippen molar-refractivity contribution in [2.75, 3.05) is 14.2 Å². The molecule has 1 aliphatic carbocycles. The average molecular weight is 228 g/mol. The second kappa shape index (κ2) is 4.11.